The van der Waals surface area contributed by atoms with E-state index in [0.29, 0.717) is 0 Å². The molecule has 0 bridgehead atoms. The van der Waals surface area contributed by atoms with E-state index in [1.807, 2.05) is 12.4 Å². The minimum absolute atomic E-state index is 0.0546. The van der Waals surface area contributed by atoms with Crippen LogP contribution in [-0.4, -0.2) is 4.98 Å². The van der Waals surface area contributed by atoms with E-state index in [0.717, 1.165) is 0 Å². The maximum absolute atomic E-state index is 4.12. The molecule has 0 aliphatic rings. The van der Waals surface area contributed by atoms with Crippen molar-refractivity contribution in [2.45, 2.75) is 14.7 Å². The van der Waals surface area contributed by atoms with Gasteiger partial charge in [-0.1, -0.05) is 36.4 Å². The summed E-state index contributed by atoms with van der Waals surface area (Å²) in [7, 11) is -0.0546. The number of pyridine rings is 1. The van der Waals surface area contributed by atoms with Crippen LogP contribution < -0.4 is 0 Å². The highest BCUT2D eigenvalue weighted by Crippen LogP contribution is 2.30. The molecule has 2 aromatic carbocycles. The van der Waals surface area contributed by atoms with Crippen LogP contribution in [0.2, 0.25) is 0 Å². The first-order valence-corrected chi connectivity index (χ1v) is 7.42. The topological polar surface area (TPSA) is 12.9 Å². The summed E-state index contributed by atoms with van der Waals surface area (Å²) in [5, 5.41) is 0. The van der Waals surface area contributed by atoms with Gasteiger partial charge in [0.2, 0.25) is 0 Å². The lowest BCUT2D eigenvalue weighted by Gasteiger charge is -2.06. The fraction of sp³-hybridized carbons (Fsp3) is 0. The standard InChI is InChI=1S/C17H14NS/c1-3-7-15(8-4-1)19(16-9-5-2-6-10-16)17-11-13-18-14-12-17/h1-14H/q+1. The average Bonchev–Trinajstić information content (AvgIpc) is 2.51. The average molecular weight is 264 g/mol. The van der Waals surface area contributed by atoms with Gasteiger partial charge in [0.25, 0.3) is 0 Å². The summed E-state index contributed by atoms with van der Waals surface area (Å²) in [4.78, 5) is 8.08. The Labute approximate surface area is 116 Å². The van der Waals surface area contributed by atoms with Gasteiger partial charge in [-0.15, -0.1) is 0 Å². The van der Waals surface area contributed by atoms with Crippen LogP contribution in [0.1, 0.15) is 0 Å². The normalized spacial score (nSPS) is 10.6. The molecule has 0 saturated heterocycles. The lowest BCUT2D eigenvalue weighted by molar-refractivity contribution is 1.24. The maximum Gasteiger partial charge on any atom is 0.169 e. The first-order valence-electron chi connectivity index (χ1n) is 6.19. The van der Waals surface area contributed by atoms with Crippen molar-refractivity contribution in [3.63, 3.8) is 0 Å². The largest absolute Gasteiger partial charge is 0.264 e. The SMILES string of the molecule is c1ccc([S+](c2ccccc2)c2ccncc2)cc1. The van der Waals surface area contributed by atoms with Crippen LogP contribution in [0.3, 0.4) is 0 Å². The zero-order chi connectivity index (χ0) is 12.9. The summed E-state index contributed by atoms with van der Waals surface area (Å²) < 4.78 is 0. The van der Waals surface area contributed by atoms with E-state index in [1.54, 1.807) is 0 Å². The third-order valence-corrected chi connectivity index (χ3v) is 5.07. The van der Waals surface area contributed by atoms with Crippen LogP contribution in [0.4, 0.5) is 0 Å². The molecule has 0 unspecified atom stereocenters. The van der Waals surface area contributed by atoms with Gasteiger partial charge in [0.1, 0.15) is 0 Å². The molecule has 0 radical (unpaired) electrons. The Balaban J connectivity index is 2.12. The van der Waals surface area contributed by atoms with Gasteiger partial charge < -0.3 is 0 Å². The number of rotatable bonds is 3. The second kappa shape index (κ2) is 5.72. The van der Waals surface area contributed by atoms with Crippen molar-refractivity contribution in [1.82, 2.24) is 4.98 Å². The second-order valence-electron chi connectivity index (χ2n) is 4.12. The number of hydrogen-bond donors (Lipinski definition) is 0. The van der Waals surface area contributed by atoms with E-state index >= 15 is 0 Å². The number of aromatic nitrogens is 1. The van der Waals surface area contributed by atoms with E-state index in [2.05, 4.69) is 77.8 Å². The van der Waals surface area contributed by atoms with Crippen molar-refractivity contribution in [3.05, 3.63) is 85.2 Å². The molecule has 0 aliphatic heterocycles. The van der Waals surface area contributed by atoms with E-state index in [1.165, 1.54) is 14.7 Å². The van der Waals surface area contributed by atoms with E-state index in [4.69, 9.17) is 0 Å². The van der Waals surface area contributed by atoms with Gasteiger partial charge in [0.05, 0.1) is 10.9 Å². The highest BCUT2D eigenvalue weighted by Gasteiger charge is 2.27. The molecule has 0 saturated carbocycles. The Bertz CT molecular complexity index is 529. The quantitative estimate of drug-likeness (QED) is 0.647. The van der Waals surface area contributed by atoms with Gasteiger partial charge in [0.15, 0.2) is 14.7 Å². The van der Waals surface area contributed by atoms with Gasteiger partial charge in [0, 0.05) is 24.5 Å². The summed E-state index contributed by atoms with van der Waals surface area (Å²) in [6.07, 6.45) is 3.72. The lowest BCUT2D eigenvalue weighted by Crippen LogP contribution is -2.04. The Morgan fingerprint density at radius 2 is 0.947 bits per heavy atom. The van der Waals surface area contributed by atoms with E-state index in [-0.39, 0.29) is 10.9 Å². The van der Waals surface area contributed by atoms with Crippen molar-refractivity contribution >= 4 is 10.9 Å². The third-order valence-electron chi connectivity index (χ3n) is 2.84. The summed E-state index contributed by atoms with van der Waals surface area (Å²) in [5.41, 5.74) is 0. The molecule has 0 aliphatic carbocycles. The fourth-order valence-electron chi connectivity index (χ4n) is 2.00. The number of nitrogens with zero attached hydrogens (tertiary/aromatic N) is 1. The molecule has 92 valence electrons. The molecule has 1 heterocycles. The molecule has 19 heavy (non-hydrogen) atoms. The molecule has 3 aromatic rings. The van der Waals surface area contributed by atoms with Crippen LogP contribution >= 0.6 is 0 Å². The van der Waals surface area contributed by atoms with Crippen molar-refractivity contribution < 1.29 is 0 Å². The highest BCUT2D eigenvalue weighted by molar-refractivity contribution is 7.97. The first-order chi connectivity index (χ1) is 9.45. The monoisotopic (exact) mass is 264 g/mol. The lowest BCUT2D eigenvalue weighted by atomic mass is 10.4. The maximum atomic E-state index is 4.12. The minimum atomic E-state index is -0.0546. The fourth-order valence-corrected chi connectivity index (χ4v) is 4.06. The first kappa shape index (κ1) is 12.0. The van der Waals surface area contributed by atoms with Crippen LogP contribution in [0, 0.1) is 0 Å². The molecule has 0 atom stereocenters. The zero-order valence-electron chi connectivity index (χ0n) is 10.4. The molecule has 0 amide bonds. The van der Waals surface area contributed by atoms with Crippen molar-refractivity contribution in [2.75, 3.05) is 0 Å². The Kier molecular flexibility index (Phi) is 3.61. The van der Waals surface area contributed by atoms with Crippen LogP contribution in [0.5, 0.6) is 0 Å². The Morgan fingerprint density at radius 1 is 0.526 bits per heavy atom. The molecular formula is C17H14NS+. The molecule has 0 fully saturated rings. The molecule has 1 aromatic heterocycles. The van der Waals surface area contributed by atoms with Crippen LogP contribution in [0.25, 0.3) is 0 Å². The van der Waals surface area contributed by atoms with Crippen molar-refractivity contribution in [2.24, 2.45) is 0 Å². The summed E-state index contributed by atoms with van der Waals surface area (Å²) >= 11 is 0. The molecule has 0 N–H and O–H groups in total. The summed E-state index contributed by atoms with van der Waals surface area (Å²) in [5.74, 6) is 0. The summed E-state index contributed by atoms with van der Waals surface area (Å²) in [6, 6.07) is 25.5. The Morgan fingerprint density at radius 3 is 1.42 bits per heavy atom. The van der Waals surface area contributed by atoms with E-state index in [9.17, 15) is 0 Å². The number of hydrogen-bond acceptors (Lipinski definition) is 1. The predicted molar refractivity (Wildman–Crippen MR) is 79.3 cm³/mol. The Hall–Kier alpha value is -2.06. The minimum Gasteiger partial charge on any atom is -0.264 e. The van der Waals surface area contributed by atoms with E-state index < -0.39 is 0 Å². The van der Waals surface area contributed by atoms with Gasteiger partial charge >= 0.3 is 0 Å². The van der Waals surface area contributed by atoms with Crippen molar-refractivity contribution in [3.8, 4) is 0 Å². The summed E-state index contributed by atoms with van der Waals surface area (Å²) in [6.45, 7) is 0. The number of benzene rings is 2. The molecule has 0 spiro atoms. The predicted octanol–water partition coefficient (Wildman–Crippen LogP) is 4.18. The van der Waals surface area contributed by atoms with Gasteiger partial charge in [-0.2, -0.15) is 0 Å². The molecule has 1 nitrogen and oxygen atoms in total. The highest BCUT2D eigenvalue weighted by atomic mass is 32.2. The second-order valence-corrected chi connectivity index (χ2v) is 6.14. The molecule has 2 heteroatoms. The molecular weight excluding hydrogens is 250 g/mol. The van der Waals surface area contributed by atoms with Crippen LogP contribution in [0.15, 0.2) is 99.9 Å². The van der Waals surface area contributed by atoms with Crippen molar-refractivity contribution in [1.29, 1.82) is 0 Å². The molecule has 3 rings (SSSR count). The van der Waals surface area contributed by atoms with Gasteiger partial charge in [-0.05, 0) is 24.3 Å². The van der Waals surface area contributed by atoms with Crippen LogP contribution in [-0.2, 0) is 10.9 Å². The van der Waals surface area contributed by atoms with Gasteiger partial charge in [-0.3, -0.25) is 4.98 Å². The van der Waals surface area contributed by atoms with Gasteiger partial charge in [-0.25, -0.2) is 0 Å². The smallest absolute Gasteiger partial charge is 0.169 e. The zero-order valence-corrected chi connectivity index (χ0v) is 11.3. The third kappa shape index (κ3) is 2.69.